The average molecular weight is 278 g/mol. The maximum absolute atomic E-state index is 12.1. The fraction of sp³-hybridized carbons (Fsp3) is 0.643. The summed E-state index contributed by atoms with van der Waals surface area (Å²) in [5.74, 6) is 0.741. The zero-order valence-corrected chi connectivity index (χ0v) is 12.0. The van der Waals surface area contributed by atoms with Gasteiger partial charge in [-0.15, -0.1) is 0 Å². The molecule has 1 aliphatic rings. The number of amides is 1. The highest BCUT2D eigenvalue weighted by Crippen LogP contribution is 2.17. The van der Waals surface area contributed by atoms with Crippen LogP contribution in [0.5, 0.6) is 5.88 Å². The maximum atomic E-state index is 12.1. The molecule has 1 saturated heterocycles. The minimum Gasteiger partial charge on any atom is -0.473 e. The number of carbonyl (C=O) groups is 1. The van der Waals surface area contributed by atoms with Crippen molar-refractivity contribution >= 4 is 5.91 Å². The third kappa shape index (κ3) is 3.66. The zero-order chi connectivity index (χ0) is 14.5. The van der Waals surface area contributed by atoms with Gasteiger partial charge in [0.05, 0.1) is 12.2 Å². The lowest BCUT2D eigenvalue weighted by Gasteiger charge is -2.34. The van der Waals surface area contributed by atoms with Crippen molar-refractivity contribution in [1.29, 1.82) is 0 Å². The summed E-state index contributed by atoms with van der Waals surface area (Å²) in [5, 5.41) is 0. The summed E-state index contributed by atoms with van der Waals surface area (Å²) in [6.07, 6.45) is 6.51. The first-order valence-electron chi connectivity index (χ1n) is 7.05. The fourth-order valence-corrected chi connectivity index (χ4v) is 2.21. The topological polar surface area (TPSA) is 81.3 Å². The molecule has 110 valence electrons. The van der Waals surface area contributed by atoms with E-state index in [9.17, 15) is 4.79 Å². The molecule has 1 fully saturated rings. The van der Waals surface area contributed by atoms with Crippen molar-refractivity contribution in [2.24, 2.45) is 11.7 Å². The van der Waals surface area contributed by atoms with E-state index in [1.807, 2.05) is 18.7 Å². The standard InChI is InChI=1S/C14H22N4O2/c1-10(2)13(15)14(19)18-7-3-11(4-8-18)20-12-9-16-5-6-17-12/h5-6,9-11,13H,3-4,7-8,15H2,1-2H3/t13-/m0/s1. The second-order valence-corrected chi connectivity index (χ2v) is 5.46. The van der Waals surface area contributed by atoms with Crippen molar-refractivity contribution in [3.8, 4) is 5.88 Å². The molecule has 0 unspecified atom stereocenters. The van der Waals surface area contributed by atoms with Crippen molar-refractivity contribution in [1.82, 2.24) is 14.9 Å². The molecule has 1 aromatic rings. The smallest absolute Gasteiger partial charge is 0.239 e. The van der Waals surface area contributed by atoms with Gasteiger partial charge in [0.15, 0.2) is 0 Å². The molecule has 0 radical (unpaired) electrons. The lowest BCUT2D eigenvalue weighted by Crippen LogP contribution is -2.50. The van der Waals surface area contributed by atoms with Crippen molar-refractivity contribution in [3.63, 3.8) is 0 Å². The molecule has 6 heteroatoms. The highest BCUT2D eigenvalue weighted by atomic mass is 16.5. The molecule has 2 N–H and O–H groups in total. The molecule has 0 aromatic carbocycles. The highest BCUT2D eigenvalue weighted by molar-refractivity contribution is 5.82. The number of nitrogens with two attached hydrogens (primary N) is 1. The monoisotopic (exact) mass is 278 g/mol. The van der Waals surface area contributed by atoms with Crippen LogP contribution >= 0.6 is 0 Å². The number of hydrogen-bond acceptors (Lipinski definition) is 5. The Bertz CT molecular complexity index is 430. The Hall–Kier alpha value is -1.69. The van der Waals surface area contributed by atoms with Crippen LogP contribution in [0.25, 0.3) is 0 Å². The van der Waals surface area contributed by atoms with Gasteiger partial charge in [0.1, 0.15) is 6.10 Å². The molecule has 2 heterocycles. The third-order valence-corrected chi connectivity index (χ3v) is 3.58. The normalized spacial score (nSPS) is 18.1. The van der Waals surface area contributed by atoms with Crippen LogP contribution in [0.2, 0.25) is 0 Å². The summed E-state index contributed by atoms with van der Waals surface area (Å²) >= 11 is 0. The van der Waals surface area contributed by atoms with Crippen LogP contribution in [-0.4, -0.2) is 46.0 Å². The SMILES string of the molecule is CC(C)[C@H](N)C(=O)N1CCC(Oc2cnccn2)CC1. The van der Waals surface area contributed by atoms with E-state index in [1.165, 1.54) is 0 Å². The van der Waals surface area contributed by atoms with Crippen LogP contribution in [0.3, 0.4) is 0 Å². The van der Waals surface area contributed by atoms with E-state index in [-0.39, 0.29) is 17.9 Å². The number of carbonyl (C=O) groups excluding carboxylic acids is 1. The van der Waals surface area contributed by atoms with Crippen LogP contribution in [0.1, 0.15) is 26.7 Å². The van der Waals surface area contributed by atoms with Crippen LogP contribution in [0.15, 0.2) is 18.6 Å². The number of piperidine rings is 1. The Labute approximate surface area is 119 Å². The van der Waals surface area contributed by atoms with Crippen LogP contribution < -0.4 is 10.5 Å². The molecule has 0 spiro atoms. The molecule has 1 atom stereocenters. The van der Waals surface area contributed by atoms with E-state index >= 15 is 0 Å². The van der Waals surface area contributed by atoms with E-state index in [0.717, 1.165) is 12.8 Å². The molecule has 0 aliphatic carbocycles. The molecule has 1 aromatic heterocycles. The number of aromatic nitrogens is 2. The van der Waals surface area contributed by atoms with E-state index in [2.05, 4.69) is 9.97 Å². The van der Waals surface area contributed by atoms with Gasteiger partial charge in [0.2, 0.25) is 11.8 Å². The second kappa shape index (κ2) is 6.65. The van der Waals surface area contributed by atoms with E-state index in [0.29, 0.717) is 19.0 Å². The van der Waals surface area contributed by atoms with Gasteiger partial charge in [0.25, 0.3) is 0 Å². The zero-order valence-electron chi connectivity index (χ0n) is 12.0. The van der Waals surface area contributed by atoms with Crippen molar-refractivity contribution in [2.75, 3.05) is 13.1 Å². The molecule has 0 bridgehead atoms. The minimum atomic E-state index is -0.410. The Morgan fingerprint density at radius 3 is 2.65 bits per heavy atom. The largest absolute Gasteiger partial charge is 0.473 e. The maximum Gasteiger partial charge on any atom is 0.239 e. The van der Waals surface area contributed by atoms with Gasteiger partial charge >= 0.3 is 0 Å². The number of ether oxygens (including phenoxy) is 1. The summed E-state index contributed by atoms with van der Waals surface area (Å²) in [4.78, 5) is 22.0. The summed E-state index contributed by atoms with van der Waals surface area (Å²) in [6, 6.07) is -0.410. The molecule has 6 nitrogen and oxygen atoms in total. The Morgan fingerprint density at radius 2 is 2.10 bits per heavy atom. The predicted octanol–water partition coefficient (Wildman–Crippen LogP) is 0.830. The van der Waals surface area contributed by atoms with E-state index in [1.54, 1.807) is 18.6 Å². The fourth-order valence-electron chi connectivity index (χ4n) is 2.21. The van der Waals surface area contributed by atoms with Gasteiger partial charge in [-0.25, -0.2) is 4.98 Å². The van der Waals surface area contributed by atoms with Crippen LogP contribution in [0.4, 0.5) is 0 Å². The quantitative estimate of drug-likeness (QED) is 0.882. The first-order valence-corrected chi connectivity index (χ1v) is 7.05. The Morgan fingerprint density at radius 1 is 1.40 bits per heavy atom. The van der Waals surface area contributed by atoms with Gasteiger partial charge in [-0.1, -0.05) is 13.8 Å². The van der Waals surface area contributed by atoms with Crippen LogP contribution in [-0.2, 0) is 4.79 Å². The number of hydrogen-bond donors (Lipinski definition) is 1. The molecule has 2 rings (SSSR count). The molecular weight excluding hydrogens is 256 g/mol. The van der Waals surface area contributed by atoms with Gasteiger partial charge in [-0.2, -0.15) is 0 Å². The van der Waals surface area contributed by atoms with Crippen molar-refractivity contribution in [2.45, 2.75) is 38.8 Å². The summed E-state index contributed by atoms with van der Waals surface area (Å²) in [6.45, 7) is 5.30. The third-order valence-electron chi connectivity index (χ3n) is 3.58. The highest BCUT2D eigenvalue weighted by Gasteiger charge is 2.28. The Balaban J connectivity index is 1.82. The van der Waals surface area contributed by atoms with Crippen molar-refractivity contribution < 1.29 is 9.53 Å². The predicted molar refractivity (Wildman–Crippen MR) is 75.1 cm³/mol. The van der Waals surface area contributed by atoms with E-state index in [4.69, 9.17) is 10.5 Å². The summed E-state index contributed by atoms with van der Waals surface area (Å²) in [5.41, 5.74) is 5.91. The molecule has 1 aliphatic heterocycles. The van der Waals surface area contributed by atoms with Gasteiger partial charge in [0, 0.05) is 38.3 Å². The average Bonchev–Trinajstić information content (AvgIpc) is 2.47. The van der Waals surface area contributed by atoms with Gasteiger partial charge < -0.3 is 15.4 Å². The van der Waals surface area contributed by atoms with Gasteiger partial charge in [-0.3, -0.25) is 9.78 Å². The lowest BCUT2D eigenvalue weighted by molar-refractivity contribution is -0.135. The molecule has 0 saturated carbocycles. The number of rotatable bonds is 4. The minimum absolute atomic E-state index is 0.0398. The molecular formula is C14H22N4O2. The first kappa shape index (κ1) is 14.7. The number of likely N-dealkylation sites (tertiary alicyclic amines) is 1. The lowest BCUT2D eigenvalue weighted by atomic mass is 10.0. The summed E-state index contributed by atoms with van der Waals surface area (Å²) in [7, 11) is 0. The van der Waals surface area contributed by atoms with Crippen LogP contribution in [0, 0.1) is 5.92 Å². The molecule has 20 heavy (non-hydrogen) atoms. The Kier molecular flexibility index (Phi) is 4.89. The van der Waals surface area contributed by atoms with E-state index < -0.39 is 6.04 Å². The number of nitrogens with zero attached hydrogens (tertiary/aromatic N) is 3. The summed E-state index contributed by atoms with van der Waals surface area (Å²) < 4.78 is 5.75. The molecule has 1 amide bonds. The van der Waals surface area contributed by atoms with Crippen molar-refractivity contribution in [3.05, 3.63) is 18.6 Å². The second-order valence-electron chi connectivity index (χ2n) is 5.46. The first-order chi connectivity index (χ1) is 9.58. The van der Waals surface area contributed by atoms with Gasteiger partial charge in [-0.05, 0) is 5.92 Å².